The topological polar surface area (TPSA) is 61.4 Å². The highest BCUT2D eigenvalue weighted by Crippen LogP contribution is 2.27. The lowest BCUT2D eigenvalue weighted by Gasteiger charge is -2.41. The summed E-state index contributed by atoms with van der Waals surface area (Å²) < 4.78 is 0. The Morgan fingerprint density at radius 2 is 1.74 bits per heavy atom. The molecule has 0 aromatic heterocycles. The van der Waals surface area contributed by atoms with E-state index in [1.165, 1.54) is 0 Å². The molecular formula is C25H30ClN3O2. The largest absolute Gasteiger partial charge is 0.339 e. The van der Waals surface area contributed by atoms with Crippen LogP contribution in [0.3, 0.4) is 0 Å². The molecular weight excluding hydrogens is 410 g/mol. The molecule has 2 aromatic carbocycles. The predicted molar refractivity (Wildman–Crippen MR) is 122 cm³/mol. The van der Waals surface area contributed by atoms with E-state index in [9.17, 15) is 9.59 Å². The third-order valence-electron chi connectivity index (χ3n) is 6.35. The van der Waals surface area contributed by atoms with Crippen molar-refractivity contribution in [3.8, 4) is 0 Å². The summed E-state index contributed by atoms with van der Waals surface area (Å²) in [7, 11) is 0. The van der Waals surface area contributed by atoms with Crippen molar-refractivity contribution in [2.75, 3.05) is 6.54 Å². The van der Waals surface area contributed by atoms with E-state index in [1.54, 1.807) is 0 Å². The summed E-state index contributed by atoms with van der Waals surface area (Å²) in [4.78, 5) is 27.7. The van der Waals surface area contributed by atoms with Gasteiger partial charge in [0.1, 0.15) is 0 Å². The van der Waals surface area contributed by atoms with Gasteiger partial charge in [-0.1, -0.05) is 66.9 Å². The van der Waals surface area contributed by atoms with E-state index >= 15 is 0 Å². The Bertz CT molecular complexity index is 887. The van der Waals surface area contributed by atoms with Crippen molar-refractivity contribution in [3.63, 3.8) is 0 Å². The first-order valence-electron chi connectivity index (χ1n) is 11.2. The maximum atomic E-state index is 13.2. The lowest BCUT2D eigenvalue weighted by Crippen LogP contribution is -2.65. The first-order chi connectivity index (χ1) is 15.1. The number of nitrogens with zero attached hydrogens (tertiary/aromatic N) is 1. The maximum Gasteiger partial charge on any atom is 0.225 e. The van der Waals surface area contributed by atoms with Gasteiger partial charge < -0.3 is 10.2 Å². The lowest BCUT2D eigenvalue weighted by atomic mass is 9.82. The van der Waals surface area contributed by atoms with Crippen molar-refractivity contribution in [3.05, 3.63) is 70.7 Å². The molecule has 0 bridgehead atoms. The molecule has 1 aliphatic carbocycles. The van der Waals surface area contributed by atoms with Gasteiger partial charge >= 0.3 is 0 Å². The minimum absolute atomic E-state index is 0.0588. The number of benzene rings is 2. The van der Waals surface area contributed by atoms with Crippen molar-refractivity contribution < 1.29 is 9.59 Å². The molecule has 2 N–H and O–H groups in total. The first-order valence-corrected chi connectivity index (χ1v) is 11.6. The highest BCUT2D eigenvalue weighted by molar-refractivity contribution is 6.30. The highest BCUT2D eigenvalue weighted by atomic mass is 35.5. The monoisotopic (exact) mass is 439 g/mol. The van der Waals surface area contributed by atoms with Crippen LogP contribution in [0, 0.1) is 5.92 Å². The summed E-state index contributed by atoms with van der Waals surface area (Å²) in [6.45, 7) is 0.943. The van der Waals surface area contributed by atoms with Crippen LogP contribution in [0.15, 0.2) is 54.6 Å². The van der Waals surface area contributed by atoms with Gasteiger partial charge in [-0.15, -0.1) is 0 Å². The van der Waals surface area contributed by atoms with Crippen molar-refractivity contribution in [1.29, 1.82) is 0 Å². The Kier molecular flexibility index (Phi) is 7.25. The molecule has 2 aliphatic rings. The molecule has 1 saturated heterocycles. The number of fused-ring (bicyclic) bond motifs is 1. The third-order valence-corrected chi connectivity index (χ3v) is 6.60. The molecule has 1 aliphatic heterocycles. The quantitative estimate of drug-likeness (QED) is 0.687. The number of carbonyl (C=O) groups is 2. The predicted octanol–water partition coefficient (Wildman–Crippen LogP) is 3.91. The van der Waals surface area contributed by atoms with Crippen molar-refractivity contribution in [1.82, 2.24) is 15.5 Å². The summed E-state index contributed by atoms with van der Waals surface area (Å²) in [5.74, 6) is 0.265. The molecule has 2 fully saturated rings. The smallest absolute Gasteiger partial charge is 0.225 e. The molecule has 0 radical (unpaired) electrons. The van der Waals surface area contributed by atoms with Crippen LogP contribution in [-0.2, 0) is 22.6 Å². The second-order valence-corrected chi connectivity index (χ2v) is 9.05. The number of halogens is 1. The fraction of sp³-hybridized carbons (Fsp3) is 0.440. The molecule has 1 heterocycles. The van der Waals surface area contributed by atoms with E-state index in [-0.39, 0.29) is 29.9 Å². The summed E-state index contributed by atoms with van der Waals surface area (Å²) in [6.07, 6.45) is 5.14. The van der Waals surface area contributed by atoms with E-state index in [1.807, 2.05) is 59.5 Å². The first kappa shape index (κ1) is 21.8. The van der Waals surface area contributed by atoms with Crippen LogP contribution in [-0.4, -0.2) is 35.5 Å². The van der Waals surface area contributed by atoms with E-state index in [2.05, 4.69) is 10.6 Å². The van der Waals surface area contributed by atoms with Crippen LogP contribution in [0.5, 0.6) is 0 Å². The van der Waals surface area contributed by atoms with E-state index in [4.69, 9.17) is 11.6 Å². The number of nitrogens with one attached hydrogen (secondary N) is 2. The van der Waals surface area contributed by atoms with Crippen LogP contribution in [0.4, 0.5) is 0 Å². The van der Waals surface area contributed by atoms with Gasteiger partial charge in [0.2, 0.25) is 11.8 Å². The van der Waals surface area contributed by atoms with Crippen LogP contribution in [0.25, 0.3) is 0 Å². The minimum atomic E-state index is -0.222. The van der Waals surface area contributed by atoms with E-state index < -0.39 is 0 Å². The van der Waals surface area contributed by atoms with Crippen molar-refractivity contribution in [2.24, 2.45) is 5.92 Å². The maximum absolute atomic E-state index is 13.2. The summed E-state index contributed by atoms with van der Waals surface area (Å²) in [6, 6.07) is 17.9. The third kappa shape index (κ3) is 5.86. The number of hydrogen-bond donors (Lipinski definition) is 2. The second-order valence-electron chi connectivity index (χ2n) is 8.61. The second kappa shape index (κ2) is 10.3. The van der Waals surface area contributed by atoms with Gasteiger partial charge in [-0.2, -0.15) is 0 Å². The number of aryl methyl sites for hydroxylation is 1. The SMILES string of the molecule is O=C1NC(CN(Cc2ccc(Cl)cc2)C(=O)CCc2ccccc2)NC2CCCCC12. The number of hydrogen-bond acceptors (Lipinski definition) is 3. The van der Waals surface area contributed by atoms with Crippen molar-refractivity contribution >= 4 is 23.4 Å². The van der Waals surface area contributed by atoms with Gasteiger partial charge in [0.25, 0.3) is 0 Å². The van der Waals surface area contributed by atoms with E-state index in [0.29, 0.717) is 31.0 Å². The standard InChI is InChI=1S/C25H30ClN3O2/c26-20-13-10-19(11-14-20)16-29(24(30)15-12-18-6-2-1-3-7-18)17-23-27-22-9-5-4-8-21(22)25(31)28-23/h1-3,6-7,10-11,13-14,21-23,27H,4-5,8-9,12,15-17H2,(H,28,31). The van der Waals surface area contributed by atoms with Crippen LogP contribution >= 0.6 is 11.6 Å². The Hall–Kier alpha value is -2.37. The lowest BCUT2D eigenvalue weighted by molar-refractivity contribution is -0.136. The highest BCUT2D eigenvalue weighted by Gasteiger charge is 2.38. The van der Waals surface area contributed by atoms with Gasteiger partial charge in [0, 0.05) is 24.0 Å². The Morgan fingerprint density at radius 3 is 2.52 bits per heavy atom. The summed E-state index contributed by atoms with van der Waals surface area (Å²) in [5, 5.41) is 7.37. The zero-order chi connectivity index (χ0) is 21.6. The molecule has 6 heteroatoms. The zero-order valence-electron chi connectivity index (χ0n) is 17.7. The molecule has 3 unspecified atom stereocenters. The Labute approximate surface area is 189 Å². The average Bonchev–Trinajstić information content (AvgIpc) is 2.79. The van der Waals surface area contributed by atoms with E-state index in [0.717, 1.165) is 36.8 Å². The number of carbonyl (C=O) groups excluding carboxylic acids is 2. The van der Waals surface area contributed by atoms with Gasteiger partial charge in [-0.3, -0.25) is 14.9 Å². The van der Waals surface area contributed by atoms with Gasteiger partial charge in [0.05, 0.1) is 18.6 Å². The van der Waals surface area contributed by atoms with Gasteiger partial charge in [-0.05, 0) is 42.5 Å². The minimum Gasteiger partial charge on any atom is -0.339 e. The fourth-order valence-corrected chi connectivity index (χ4v) is 4.79. The Balaban J connectivity index is 1.44. The van der Waals surface area contributed by atoms with Crippen LogP contribution in [0.2, 0.25) is 5.02 Å². The molecule has 0 spiro atoms. The number of rotatable bonds is 7. The van der Waals surface area contributed by atoms with Crippen LogP contribution in [0.1, 0.15) is 43.2 Å². The van der Waals surface area contributed by atoms with Gasteiger partial charge in [0.15, 0.2) is 0 Å². The zero-order valence-corrected chi connectivity index (χ0v) is 18.5. The number of amides is 2. The molecule has 164 valence electrons. The fourth-order valence-electron chi connectivity index (χ4n) is 4.66. The summed E-state index contributed by atoms with van der Waals surface area (Å²) >= 11 is 6.03. The molecule has 5 nitrogen and oxygen atoms in total. The molecule has 31 heavy (non-hydrogen) atoms. The van der Waals surface area contributed by atoms with Crippen LogP contribution < -0.4 is 10.6 Å². The van der Waals surface area contributed by atoms with Gasteiger partial charge in [-0.25, -0.2) is 0 Å². The molecule has 3 atom stereocenters. The molecule has 2 aromatic rings. The average molecular weight is 440 g/mol. The summed E-state index contributed by atoms with van der Waals surface area (Å²) in [5.41, 5.74) is 2.17. The molecule has 4 rings (SSSR count). The Morgan fingerprint density at radius 1 is 1.00 bits per heavy atom. The normalized spacial score (nSPS) is 23.0. The molecule has 1 saturated carbocycles. The van der Waals surface area contributed by atoms with Crippen molar-refractivity contribution in [2.45, 2.75) is 57.3 Å². The molecule has 2 amide bonds.